The van der Waals surface area contributed by atoms with Crippen molar-refractivity contribution in [1.82, 2.24) is 19.9 Å². The predicted molar refractivity (Wildman–Crippen MR) is 126 cm³/mol. The van der Waals surface area contributed by atoms with E-state index in [-0.39, 0.29) is 28.6 Å². The van der Waals surface area contributed by atoms with Crippen LogP contribution in [0.1, 0.15) is 27.3 Å². The molecule has 0 saturated carbocycles. The molecule has 0 atom stereocenters. The maximum atomic E-state index is 13.8. The Balaban J connectivity index is 1.45. The molecule has 2 heterocycles. The van der Waals surface area contributed by atoms with Gasteiger partial charge in [0.1, 0.15) is 17.5 Å². The van der Waals surface area contributed by atoms with E-state index >= 15 is 0 Å². The van der Waals surface area contributed by atoms with Crippen LogP contribution < -0.4 is 10.0 Å². The van der Waals surface area contributed by atoms with Gasteiger partial charge in [0.15, 0.2) is 0 Å². The summed E-state index contributed by atoms with van der Waals surface area (Å²) in [5.74, 6) is 0.491. The van der Waals surface area contributed by atoms with Crippen LogP contribution in [-0.4, -0.2) is 28.9 Å². The van der Waals surface area contributed by atoms with Crippen molar-refractivity contribution >= 4 is 21.6 Å². The first kappa shape index (κ1) is 23.1. The van der Waals surface area contributed by atoms with Crippen LogP contribution in [0.2, 0.25) is 0 Å². The maximum absolute atomic E-state index is 13.8. The number of imidazole rings is 1. The Kier molecular flexibility index (Phi) is 6.42. The van der Waals surface area contributed by atoms with Crippen molar-refractivity contribution in [2.45, 2.75) is 25.3 Å². The van der Waals surface area contributed by atoms with Crippen LogP contribution in [0.5, 0.6) is 0 Å². The van der Waals surface area contributed by atoms with Gasteiger partial charge in [-0.1, -0.05) is 12.1 Å². The summed E-state index contributed by atoms with van der Waals surface area (Å²) in [5, 5.41) is 2.82. The number of anilines is 1. The third kappa shape index (κ3) is 5.12. The van der Waals surface area contributed by atoms with Crippen LogP contribution in [0.3, 0.4) is 0 Å². The highest BCUT2D eigenvalue weighted by atomic mass is 32.2. The minimum Gasteiger partial charge on any atom is -0.348 e. The van der Waals surface area contributed by atoms with E-state index in [0.717, 1.165) is 17.5 Å². The van der Waals surface area contributed by atoms with Crippen LogP contribution >= 0.6 is 0 Å². The number of nitrogens with zero attached hydrogens (tertiary/aromatic N) is 3. The Hall–Kier alpha value is -4.05. The number of hydrogen-bond acceptors (Lipinski definition) is 5. The van der Waals surface area contributed by atoms with Crippen LogP contribution in [0.25, 0.3) is 5.82 Å². The molecule has 0 bridgehead atoms. The van der Waals surface area contributed by atoms with Crippen molar-refractivity contribution < 1.29 is 17.6 Å². The van der Waals surface area contributed by atoms with Gasteiger partial charge in [0.2, 0.25) is 0 Å². The normalized spacial score (nSPS) is 11.3. The second kappa shape index (κ2) is 9.44. The van der Waals surface area contributed by atoms with Gasteiger partial charge in [-0.15, -0.1) is 0 Å². The largest absolute Gasteiger partial charge is 0.348 e. The quantitative estimate of drug-likeness (QED) is 0.420. The highest BCUT2D eigenvalue weighted by Crippen LogP contribution is 2.19. The molecule has 4 rings (SSSR count). The number of carbonyl (C=O) groups is 1. The number of amides is 1. The van der Waals surface area contributed by atoms with E-state index in [1.54, 1.807) is 43.7 Å². The smallest absolute Gasteiger partial charge is 0.261 e. The summed E-state index contributed by atoms with van der Waals surface area (Å²) in [6.45, 7) is 3.67. The van der Waals surface area contributed by atoms with Gasteiger partial charge in [-0.25, -0.2) is 22.8 Å². The summed E-state index contributed by atoms with van der Waals surface area (Å²) in [7, 11) is -4.02. The fourth-order valence-electron chi connectivity index (χ4n) is 3.29. The standard InChI is InChI=1S/C24H22FN5O3S/c1-16-6-7-21(14-22(16)25)34(32,33)29-20-5-3-4-19(13-20)24(31)28-15-18-8-9-27-23(12-18)30-11-10-26-17(30)2/h3-14,29H,15H2,1-2H3,(H,28,31). The molecule has 34 heavy (non-hydrogen) atoms. The Morgan fingerprint density at radius 1 is 1.03 bits per heavy atom. The second-order valence-electron chi connectivity index (χ2n) is 7.65. The molecule has 10 heteroatoms. The third-order valence-corrected chi connectivity index (χ3v) is 6.55. The van der Waals surface area contributed by atoms with E-state index in [9.17, 15) is 17.6 Å². The van der Waals surface area contributed by atoms with Crippen LogP contribution in [-0.2, 0) is 16.6 Å². The molecule has 2 aromatic carbocycles. The van der Waals surface area contributed by atoms with Gasteiger partial charge in [-0.05, 0) is 67.4 Å². The zero-order chi connectivity index (χ0) is 24.3. The van der Waals surface area contributed by atoms with E-state index in [4.69, 9.17) is 0 Å². The highest BCUT2D eigenvalue weighted by Gasteiger charge is 2.17. The van der Waals surface area contributed by atoms with Crippen molar-refractivity contribution in [3.8, 4) is 5.82 Å². The lowest BCUT2D eigenvalue weighted by molar-refractivity contribution is 0.0951. The average Bonchev–Trinajstić information content (AvgIpc) is 3.25. The first-order chi connectivity index (χ1) is 16.2. The maximum Gasteiger partial charge on any atom is 0.261 e. The lowest BCUT2D eigenvalue weighted by Gasteiger charge is -2.11. The van der Waals surface area contributed by atoms with Gasteiger partial charge in [0.25, 0.3) is 15.9 Å². The van der Waals surface area contributed by atoms with Crippen LogP contribution in [0.4, 0.5) is 10.1 Å². The SMILES string of the molecule is Cc1ccc(S(=O)(=O)Nc2cccc(C(=O)NCc3ccnc(-n4ccnc4C)c3)c2)cc1F. The summed E-state index contributed by atoms with van der Waals surface area (Å²) in [4.78, 5) is 21.0. The number of hydrogen-bond donors (Lipinski definition) is 2. The molecule has 0 saturated heterocycles. The summed E-state index contributed by atoms with van der Waals surface area (Å²) < 4.78 is 43.3. The molecule has 0 aliphatic rings. The Labute approximate surface area is 196 Å². The monoisotopic (exact) mass is 479 g/mol. The number of pyridine rings is 1. The van der Waals surface area contributed by atoms with Gasteiger partial charge in [0, 0.05) is 36.4 Å². The predicted octanol–water partition coefficient (Wildman–Crippen LogP) is 3.75. The molecule has 1 amide bonds. The fraction of sp³-hybridized carbons (Fsp3) is 0.125. The Morgan fingerprint density at radius 3 is 2.59 bits per heavy atom. The summed E-state index contributed by atoms with van der Waals surface area (Å²) in [6.07, 6.45) is 5.14. The Bertz CT molecular complexity index is 1470. The summed E-state index contributed by atoms with van der Waals surface area (Å²) in [6, 6.07) is 13.4. The number of aromatic nitrogens is 3. The van der Waals surface area contributed by atoms with Crippen molar-refractivity contribution in [1.29, 1.82) is 0 Å². The fourth-order valence-corrected chi connectivity index (χ4v) is 4.35. The molecule has 174 valence electrons. The van der Waals surface area contributed by atoms with Gasteiger partial charge in [0.05, 0.1) is 4.90 Å². The summed E-state index contributed by atoms with van der Waals surface area (Å²) >= 11 is 0. The average molecular weight is 480 g/mol. The highest BCUT2D eigenvalue weighted by molar-refractivity contribution is 7.92. The molecule has 0 spiro atoms. The molecule has 2 N–H and O–H groups in total. The number of sulfonamides is 1. The van der Waals surface area contributed by atoms with E-state index in [2.05, 4.69) is 20.0 Å². The molecular formula is C24H22FN5O3S. The van der Waals surface area contributed by atoms with Crippen molar-refractivity contribution in [3.05, 3.63) is 102 Å². The molecular weight excluding hydrogens is 457 g/mol. The first-order valence-electron chi connectivity index (χ1n) is 10.4. The lowest BCUT2D eigenvalue weighted by Crippen LogP contribution is -2.23. The van der Waals surface area contributed by atoms with Gasteiger partial charge >= 0.3 is 0 Å². The van der Waals surface area contributed by atoms with Crippen molar-refractivity contribution in [3.63, 3.8) is 0 Å². The minimum absolute atomic E-state index is 0.190. The molecule has 0 fully saturated rings. The molecule has 4 aromatic rings. The molecule has 8 nitrogen and oxygen atoms in total. The molecule has 0 aliphatic heterocycles. The summed E-state index contributed by atoms with van der Waals surface area (Å²) in [5.41, 5.74) is 1.65. The Morgan fingerprint density at radius 2 is 1.85 bits per heavy atom. The molecule has 2 aromatic heterocycles. The first-order valence-corrected chi connectivity index (χ1v) is 11.8. The number of rotatable bonds is 7. The van der Waals surface area contributed by atoms with Crippen molar-refractivity contribution in [2.24, 2.45) is 0 Å². The number of carbonyl (C=O) groups excluding carboxylic acids is 1. The number of aryl methyl sites for hydroxylation is 2. The zero-order valence-electron chi connectivity index (χ0n) is 18.5. The van der Waals surface area contributed by atoms with Gasteiger partial charge in [-0.2, -0.15) is 0 Å². The van der Waals surface area contributed by atoms with Crippen LogP contribution in [0.15, 0.2) is 78.1 Å². The lowest BCUT2D eigenvalue weighted by atomic mass is 10.2. The van der Waals surface area contributed by atoms with Crippen LogP contribution in [0, 0.1) is 19.7 Å². The molecule has 0 aliphatic carbocycles. The van der Waals surface area contributed by atoms with E-state index in [0.29, 0.717) is 11.4 Å². The second-order valence-corrected chi connectivity index (χ2v) is 9.33. The van der Waals surface area contributed by atoms with E-state index in [1.807, 2.05) is 17.6 Å². The molecule has 0 unspecified atom stereocenters. The number of benzene rings is 2. The van der Waals surface area contributed by atoms with E-state index in [1.165, 1.54) is 24.3 Å². The zero-order valence-corrected chi connectivity index (χ0v) is 19.3. The number of halogens is 1. The topological polar surface area (TPSA) is 106 Å². The van der Waals surface area contributed by atoms with Gasteiger partial charge < -0.3 is 5.32 Å². The minimum atomic E-state index is -4.02. The van der Waals surface area contributed by atoms with Crippen molar-refractivity contribution in [2.75, 3.05) is 4.72 Å². The molecule has 0 radical (unpaired) electrons. The number of nitrogens with one attached hydrogen (secondary N) is 2. The van der Waals surface area contributed by atoms with E-state index < -0.39 is 15.8 Å². The third-order valence-electron chi connectivity index (χ3n) is 5.17. The van der Waals surface area contributed by atoms with Gasteiger partial charge in [-0.3, -0.25) is 14.1 Å².